The molecule has 0 aromatic carbocycles. The van der Waals surface area contributed by atoms with E-state index in [-0.39, 0.29) is 6.10 Å². The van der Waals surface area contributed by atoms with Gasteiger partial charge in [-0.15, -0.1) is 0 Å². The molecule has 2 heterocycles. The van der Waals surface area contributed by atoms with Crippen LogP contribution in [0.2, 0.25) is 0 Å². The number of hydrogen-bond donors (Lipinski definition) is 1. The third-order valence-corrected chi connectivity index (χ3v) is 5.45. The van der Waals surface area contributed by atoms with Gasteiger partial charge in [0.2, 0.25) is 0 Å². The van der Waals surface area contributed by atoms with E-state index >= 15 is 0 Å². The number of aliphatic hydroxyl groups excluding tert-OH is 1. The molecule has 0 spiro atoms. The summed E-state index contributed by atoms with van der Waals surface area (Å²) in [7, 11) is 0. The predicted octanol–water partition coefficient (Wildman–Crippen LogP) is 2.57. The molecular weight excluding hydrogens is 238 g/mol. The largest absolute Gasteiger partial charge is 0.393 e. The first kappa shape index (κ1) is 13.8. The Kier molecular flexibility index (Phi) is 4.45. The molecule has 0 radical (unpaired) electrons. The molecule has 3 fully saturated rings. The lowest BCUT2D eigenvalue weighted by Crippen LogP contribution is -2.45. The van der Waals surface area contributed by atoms with Crippen LogP contribution in [0, 0.1) is 5.92 Å². The smallest absolute Gasteiger partial charge is 0.0706 e. The highest BCUT2D eigenvalue weighted by atomic mass is 16.5. The summed E-state index contributed by atoms with van der Waals surface area (Å²) in [4.78, 5) is 2.63. The fourth-order valence-electron chi connectivity index (χ4n) is 4.43. The Bertz CT molecular complexity index is 296. The quantitative estimate of drug-likeness (QED) is 0.853. The Balaban J connectivity index is 1.57. The maximum absolute atomic E-state index is 10.3. The van der Waals surface area contributed by atoms with Crippen molar-refractivity contribution in [3.63, 3.8) is 0 Å². The fraction of sp³-hybridized carbons (Fsp3) is 1.00. The summed E-state index contributed by atoms with van der Waals surface area (Å²) in [6.07, 6.45) is 10.6. The van der Waals surface area contributed by atoms with Crippen molar-refractivity contribution in [3.05, 3.63) is 0 Å². The van der Waals surface area contributed by atoms with Crippen LogP contribution in [-0.2, 0) is 4.74 Å². The van der Waals surface area contributed by atoms with Crippen molar-refractivity contribution in [1.29, 1.82) is 0 Å². The van der Waals surface area contributed by atoms with Gasteiger partial charge in [-0.25, -0.2) is 0 Å². The number of likely N-dealkylation sites (tertiary alicyclic amines) is 1. The minimum atomic E-state index is -0.0530. The van der Waals surface area contributed by atoms with Gasteiger partial charge < -0.3 is 9.84 Å². The molecule has 110 valence electrons. The first-order valence-corrected chi connectivity index (χ1v) is 8.31. The van der Waals surface area contributed by atoms with Gasteiger partial charge in [-0.2, -0.15) is 0 Å². The van der Waals surface area contributed by atoms with Gasteiger partial charge in [-0.3, -0.25) is 4.90 Å². The number of ether oxygens (including phenoxy) is 1. The second kappa shape index (κ2) is 6.11. The van der Waals surface area contributed by atoms with Gasteiger partial charge in [0.1, 0.15) is 0 Å². The highest BCUT2D eigenvalue weighted by Gasteiger charge is 2.38. The van der Waals surface area contributed by atoms with Crippen molar-refractivity contribution < 1.29 is 9.84 Å². The van der Waals surface area contributed by atoms with E-state index in [0.29, 0.717) is 24.2 Å². The summed E-state index contributed by atoms with van der Waals surface area (Å²) in [6, 6.07) is 0.620. The maximum atomic E-state index is 10.3. The Morgan fingerprint density at radius 1 is 1.05 bits per heavy atom. The molecule has 0 aromatic rings. The molecule has 5 atom stereocenters. The molecule has 2 saturated heterocycles. The van der Waals surface area contributed by atoms with E-state index in [0.717, 1.165) is 13.0 Å². The molecule has 1 saturated carbocycles. The lowest BCUT2D eigenvalue weighted by molar-refractivity contribution is -0.00660. The monoisotopic (exact) mass is 267 g/mol. The summed E-state index contributed by atoms with van der Waals surface area (Å²) in [5.41, 5.74) is 0. The van der Waals surface area contributed by atoms with E-state index < -0.39 is 0 Å². The van der Waals surface area contributed by atoms with Gasteiger partial charge in [0.05, 0.1) is 18.3 Å². The Labute approximate surface area is 117 Å². The van der Waals surface area contributed by atoms with Crippen molar-refractivity contribution in [3.8, 4) is 0 Å². The Morgan fingerprint density at radius 2 is 1.89 bits per heavy atom. The molecule has 0 aromatic heterocycles. The highest BCUT2D eigenvalue weighted by Crippen LogP contribution is 2.35. The van der Waals surface area contributed by atoms with Crippen molar-refractivity contribution in [1.82, 2.24) is 4.90 Å². The Hall–Kier alpha value is -0.120. The summed E-state index contributed by atoms with van der Waals surface area (Å²) in [5, 5.41) is 10.3. The molecule has 3 rings (SSSR count). The zero-order valence-corrected chi connectivity index (χ0v) is 12.3. The molecule has 19 heavy (non-hydrogen) atoms. The van der Waals surface area contributed by atoms with Crippen LogP contribution >= 0.6 is 0 Å². The number of aliphatic hydroxyl groups is 1. The van der Waals surface area contributed by atoms with Crippen LogP contribution in [0.3, 0.4) is 0 Å². The molecule has 1 N–H and O–H groups in total. The van der Waals surface area contributed by atoms with E-state index in [1.807, 2.05) is 0 Å². The van der Waals surface area contributed by atoms with Crippen LogP contribution in [0.4, 0.5) is 0 Å². The zero-order valence-electron chi connectivity index (χ0n) is 12.3. The minimum Gasteiger partial charge on any atom is -0.393 e. The molecule has 1 aliphatic carbocycles. The Morgan fingerprint density at radius 3 is 2.63 bits per heavy atom. The third-order valence-electron chi connectivity index (χ3n) is 5.45. The minimum absolute atomic E-state index is 0.0530. The van der Waals surface area contributed by atoms with Crippen molar-refractivity contribution in [2.24, 2.45) is 5.92 Å². The second-order valence-corrected chi connectivity index (χ2v) is 6.87. The molecule has 0 amide bonds. The van der Waals surface area contributed by atoms with Crippen molar-refractivity contribution in [2.45, 2.75) is 82.6 Å². The van der Waals surface area contributed by atoms with Crippen LogP contribution in [0.1, 0.15) is 58.3 Å². The molecule has 5 unspecified atom stereocenters. The molecule has 0 bridgehead atoms. The normalized spacial score (nSPS) is 44.8. The lowest BCUT2D eigenvalue weighted by Gasteiger charge is -2.38. The van der Waals surface area contributed by atoms with Gasteiger partial charge in [-0.1, -0.05) is 12.8 Å². The molecule has 3 aliphatic rings. The van der Waals surface area contributed by atoms with Gasteiger partial charge in [0, 0.05) is 18.5 Å². The van der Waals surface area contributed by atoms with Crippen LogP contribution in [0.25, 0.3) is 0 Å². The van der Waals surface area contributed by atoms with Gasteiger partial charge >= 0.3 is 0 Å². The highest BCUT2D eigenvalue weighted by molar-refractivity contribution is 4.91. The standard InChI is InChI=1S/C16H29NO2/c1-12-8-9-13(19-12)11-17-10-4-6-15(17)14-5-2-3-7-16(14)18/h12-16,18H,2-11H2,1H3. The predicted molar refractivity (Wildman–Crippen MR) is 76.1 cm³/mol. The van der Waals surface area contributed by atoms with Crippen LogP contribution < -0.4 is 0 Å². The first-order valence-electron chi connectivity index (χ1n) is 8.31. The first-order chi connectivity index (χ1) is 9.24. The summed E-state index contributed by atoms with van der Waals surface area (Å²) < 4.78 is 5.98. The van der Waals surface area contributed by atoms with Gasteiger partial charge in [0.15, 0.2) is 0 Å². The molecule has 2 aliphatic heterocycles. The molecular formula is C16H29NO2. The second-order valence-electron chi connectivity index (χ2n) is 6.87. The van der Waals surface area contributed by atoms with Crippen LogP contribution in [-0.4, -0.2) is 47.4 Å². The average Bonchev–Trinajstić information content (AvgIpc) is 3.00. The van der Waals surface area contributed by atoms with Crippen LogP contribution in [0.5, 0.6) is 0 Å². The fourth-order valence-corrected chi connectivity index (χ4v) is 4.43. The third kappa shape index (κ3) is 3.14. The van der Waals surface area contributed by atoms with Gasteiger partial charge in [0.25, 0.3) is 0 Å². The summed E-state index contributed by atoms with van der Waals surface area (Å²) in [5.74, 6) is 0.523. The zero-order chi connectivity index (χ0) is 13.2. The average molecular weight is 267 g/mol. The molecule has 3 heteroatoms. The van der Waals surface area contributed by atoms with E-state index in [9.17, 15) is 5.11 Å². The van der Waals surface area contributed by atoms with Gasteiger partial charge in [-0.05, 0) is 52.0 Å². The van der Waals surface area contributed by atoms with E-state index in [4.69, 9.17) is 4.74 Å². The summed E-state index contributed by atoms with van der Waals surface area (Å²) >= 11 is 0. The number of rotatable bonds is 3. The summed E-state index contributed by atoms with van der Waals surface area (Å²) in [6.45, 7) is 4.49. The van der Waals surface area contributed by atoms with Crippen LogP contribution in [0.15, 0.2) is 0 Å². The number of hydrogen-bond acceptors (Lipinski definition) is 3. The van der Waals surface area contributed by atoms with E-state index in [1.54, 1.807) is 0 Å². The topological polar surface area (TPSA) is 32.7 Å². The number of nitrogens with zero attached hydrogens (tertiary/aromatic N) is 1. The SMILES string of the molecule is CC1CCC(CN2CCCC2C2CCCCC2O)O1. The van der Waals surface area contributed by atoms with E-state index in [1.165, 1.54) is 51.5 Å². The maximum Gasteiger partial charge on any atom is 0.0706 e. The molecule has 3 nitrogen and oxygen atoms in total. The van der Waals surface area contributed by atoms with E-state index in [2.05, 4.69) is 11.8 Å². The van der Waals surface area contributed by atoms with Crippen molar-refractivity contribution >= 4 is 0 Å². The lowest BCUT2D eigenvalue weighted by atomic mass is 9.80. The van der Waals surface area contributed by atoms with Crippen molar-refractivity contribution in [2.75, 3.05) is 13.1 Å².